The molecule has 1 heterocycles. The molecule has 0 atom stereocenters. The van der Waals surface area contributed by atoms with E-state index in [0.717, 1.165) is 38.6 Å². The number of rotatable bonds is 6. The SMILES string of the molecule is COc1ccc(C2=N/C(=N\N=C/c3ccccc3)[Se]C2=Nc2ccc(N(C)C)cc2)cc1. The van der Waals surface area contributed by atoms with E-state index in [4.69, 9.17) is 14.7 Å². The third-order valence-electron chi connectivity index (χ3n) is 4.71. The third kappa shape index (κ3) is 5.38. The molecule has 6 nitrogen and oxygen atoms in total. The normalized spacial score (nSPS) is 16.0. The summed E-state index contributed by atoms with van der Waals surface area (Å²) in [5, 5.41) is 8.61. The molecule has 1 aliphatic rings. The van der Waals surface area contributed by atoms with Crippen LogP contribution in [0.3, 0.4) is 0 Å². The zero-order valence-corrected chi connectivity index (χ0v) is 19.8. The minimum atomic E-state index is -0.149. The number of aliphatic imine (C=N–C) groups is 2. The van der Waals surface area contributed by atoms with Gasteiger partial charge in [-0.15, -0.1) is 0 Å². The number of methoxy groups -OCH3 is 1. The second-order valence-corrected chi connectivity index (χ2v) is 9.16. The van der Waals surface area contributed by atoms with Crippen LogP contribution in [0.1, 0.15) is 11.1 Å². The molecule has 160 valence electrons. The van der Waals surface area contributed by atoms with Crippen molar-refractivity contribution in [3.05, 3.63) is 90.0 Å². The number of hydrogen-bond donors (Lipinski definition) is 0. The summed E-state index contributed by atoms with van der Waals surface area (Å²) in [6, 6.07) is 25.9. The van der Waals surface area contributed by atoms with Gasteiger partial charge in [0.1, 0.15) is 0 Å². The minimum absolute atomic E-state index is 0.149. The van der Waals surface area contributed by atoms with Crippen molar-refractivity contribution in [3.63, 3.8) is 0 Å². The summed E-state index contributed by atoms with van der Waals surface area (Å²) in [7, 11) is 5.70. The summed E-state index contributed by atoms with van der Waals surface area (Å²) in [5.41, 5.74) is 4.83. The molecular weight excluding hydrogens is 465 g/mol. The summed E-state index contributed by atoms with van der Waals surface area (Å²) in [5.74, 6) is 0.803. The zero-order valence-electron chi connectivity index (χ0n) is 18.1. The number of anilines is 1. The summed E-state index contributed by atoms with van der Waals surface area (Å²) in [4.78, 5) is 11.7. The van der Waals surface area contributed by atoms with Gasteiger partial charge in [0.05, 0.1) is 0 Å². The monoisotopic (exact) mass is 489 g/mol. The van der Waals surface area contributed by atoms with Crippen molar-refractivity contribution >= 4 is 47.6 Å². The number of benzene rings is 3. The molecule has 0 fully saturated rings. The number of nitrogens with zero attached hydrogens (tertiary/aromatic N) is 5. The molecule has 0 spiro atoms. The molecule has 0 amide bonds. The van der Waals surface area contributed by atoms with Gasteiger partial charge in [0, 0.05) is 0 Å². The number of hydrogen-bond acceptors (Lipinski definition) is 5. The summed E-state index contributed by atoms with van der Waals surface area (Å²) in [6.45, 7) is 0. The first-order chi connectivity index (χ1) is 15.6. The number of ether oxygens (including phenoxy) is 1. The summed E-state index contributed by atoms with van der Waals surface area (Å²) in [6.07, 6.45) is 1.74. The Labute approximate surface area is 194 Å². The molecule has 3 aromatic rings. The van der Waals surface area contributed by atoms with Crippen LogP contribution in [-0.2, 0) is 0 Å². The molecule has 0 saturated carbocycles. The van der Waals surface area contributed by atoms with Gasteiger partial charge >= 0.3 is 194 Å². The second kappa shape index (κ2) is 10.2. The molecule has 0 aromatic heterocycles. The van der Waals surface area contributed by atoms with Crippen LogP contribution >= 0.6 is 0 Å². The molecule has 1 aliphatic heterocycles. The van der Waals surface area contributed by atoms with E-state index in [-0.39, 0.29) is 15.0 Å². The van der Waals surface area contributed by atoms with E-state index in [1.807, 2.05) is 80.8 Å². The molecule has 0 N–H and O–H groups in total. The third-order valence-corrected chi connectivity index (χ3v) is 6.46. The average Bonchev–Trinajstić information content (AvgIpc) is 3.22. The van der Waals surface area contributed by atoms with Crippen molar-refractivity contribution < 1.29 is 4.74 Å². The van der Waals surface area contributed by atoms with Gasteiger partial charge in [-0.05, 0) is 0 Å². The standard InChI is InChI=1S/C25H23N5OSe/c1-30(2)21-13-11-20(12-14-21)27-24-23(19-9-15-22(31-3)16-10-19)28-25(32-24)29-26-17-18-7-5-4-6-8-18/h4-17H,1-3H3/b26-17-,27-24?,29-25+. The second-order valence-electron chi connectivity index (χ2n) is 7.16. The molecule has 0 bridgehead atoms. The van der Waals surface area contributed by atoms with E-state index in [2.05, 4.69) is 27.2 Å². The molecule has 0 unspecified atom stereocenters. The predicted molar refractivity (Wildman–Crippen MR) is 135 cm³/mol. The van der Waals surface area contributed by atoms with Gasteiger partial charge in [-0.1, -0.05) is 0 Å². The predicted octanol–water partition coefficient (Wildman–Crippen LogP) is 4.39. The van der Waals surface area contributed by atoms with Gasteiger partial charge in [-0.25, -0.2) is 0 Å². The maximum atomic E-state index is 5.29. The molecule has 7 heteroatoms. The average molecular weight is 488 g/mol. The van der Waals surface area contributed by atoms with Crippen LogP contribution in [0, 0.1) is 0 Å². The van der Waals surface area contributed by atoms with Crippen molar-refractivity contribution in [3.8, 4) is 5.75 Å². The van der Waals surface area contributed by atoms with Crippen LogP contribution < -0.4 is 9.64 Å². The Morgan fingerprint density at radius 2 is 1.62 bits per heavy atom. The van der Waals surface area contributed by atoms with Crippen LogP contribution in [-0.4, -0.2) is 57.4 Å². The van der Waals surface area contributed by atoms with Crippen LogP contribution in [0.4, 0.5) is 11.4 Å². The fraction of sp³-hybridized carbons (Fsp3) is 0.120. The van der Waals surface area contributed by atoms with E-state index in [1.54, 1.807) is 13.3 Å². The first kappa shape index (κ1) is 21.7. The van der Waals surface area contributed by atoms with E-state index < -0.39 is 0 Å². The molecular formula is C25H23N5OSe. The first-order valence-electron chi connectivity index (χ1n) is 10.1. The molecule has 4 rings (SSSR count). The van der Waals surface area contributed by atoms with Crippen molar-refractivity contribution in [2.45, 2.75) is 0 Å². The van der Waals surface area contributed by atoms with Crippen LogP contribution in [0.25, 0.3) is 0 Å². The fourth-order valence-electron chi connectivity index (χ4n) is 2.98. The Bertz CT molecular complexity index is 1180. The van der Waals surface area contributed by atoms with Gasteiger partial charge in [0.15, 0.2) is 0 Å². The molecule has 32 heavy (non-hydrogen) atoms. The zero-order chi connectivity index (χ0) is 22.3. The van der Waals surface area contributed by atoms with Gasteiger partial charge in [0.25, 0.3) is 0 Å². The van der Waals surface area contributed by atoms with Gasteiger partial charge in [-0.2, -0.15) is 0 Å². The van der Waals surface area contributed by atoms with Crippen LogP contribution in [0.2, 0.25) is 0 Å². The fourth-order valence-corrected chi connectivity index (χ4v) is 4.68. The van der Waals surface area contributed by atoms with Gasteiger partial charge in [0.2, 0.25) is 0 Å². The quantitative estimate of drug-likeness (QED) is 0.294. The Kier molecular flexibility index (Phi) is 6.90. The molecule has 0 aliphatic carbocycles. The summed E-state index contributed by atoms with van der Waals surface area (Å²) >= 11 is -0.149. The Balaban J connectivity index is 1.65. The van der Waals surface area contributed by atoms with Gasteiger partial charge in [-0.3, -0.25) is 0 Å². The van der Waals surface area contributed by atoms with Crippen molar-refractivity contribution in [1.29, 1.82) is 0 Å². The molecule has 0 radical (unpaired) electrons. The first-order valence-corrected chi connectivity index (χ1v) is 11.8. The van der Waals surface area contributed by atoms with Crippen LogP contribution in [0.15, 0.2) is 99.1 Å². The van der Waals surface area contributed by atoms with Crippen LogP contribution in [0.5, 0.6) is 5.75 Å². The van der Waals surface area contributed by atoms with Crippen molar-refractivity contribution in [2.24, 2.45) is 20.2 Å². The molecule has 0 saturated heterocycles. The van der Waals surface area contributed by atoms with Gasteiger partial charge < -0.3 is 0 Å². The Morgan fingerprint density at radius 1 is 0.906 bits per heavy atom. The molecule has 3 aromatic carbocycles. The van der Waals surface area contributed by atoms with E-state index in [9.17, 15) is 0 Å². The maximum absolute atomic E-state index is 5.29. The van der Waals surface area contributed by atoms with E-state index in [0.29, 0.717) is 4.73 Å². The number of amidine groups is 1. The van der Waals surface area contributed by atoms with Crippen molar-refractivity contribution in [2.75, 3.05) is 26.1 Å². The summed E-state index contributed by atoms with van der Waals surface area (Å²) < 4.78 is 6.91. The van der Waals surface area contributed by atoms with E-state index in [1.165, 1.54) is 0 Å². The van der Waals surface area contributed by atoms with E-state index >= 15 is 0 Å². The topological polar surface area (TPSA) is 61.9 Å². The Morgan fingerprint density at radius 3 is 2.28 bits per heavy atom. The van der Waals surface area contributed by atoms with Crippen molar-refractivity contribution in [1.82, 2.24) is 0 Å². The Hall–Kier alpha value is -3.54.